The Kier molecular flexibility index (Phi) is 6.76. The first-order chi connectivity index (χ1) is 6.69. The molecule has 0 aromatic heterocycles. The van der Waals surface area contributed by atoms with E-state index in [1.807, 2.05) is 0 Å². The summed E-state index contributed by atoms with van der Waals surface area (Å²) in [5, 5.41) is 8.62. The summed E-state index contributed by atoms with van der Waals surface area (Å²) in [6.07, 6.45) is 1.76. The summed E-state index contributed by atoms with van der Waals surface area (Å²) in [4.78, 5) is 14.3. The first kappa shape index (κ1) is 12.9. The summed E-state index contributed by atoms with van der Waals surface area (Å²) >= 11 is 6.85. The maximum atomic E-state index is 10.3. The number of nitriles is 1. The lowest BCUT2D eigenvalue weighted by atomic mass is 10.3. The third kappa shape index (κ3) is 4.23. The van der Waals surface area contributed by atoms with E-state index in [1.165, 1.54) is 17.8 Å². The monoisotopic (exact) mass is 229 g/mol. The summed E-state index contributed by atoms with van der Waals surface area (Å²) in [6.45, 7) is 3.23. The van der Waals surface area contributed by atoms with Crippen LogP contribution in [0, 0.1) is 11.3 Å². The Labute approximate surface area is 91.1 Å². The van der Waals surface area contributed by atoms with Gasteiger partial charge in [0.05, 0.1) is 5.57 Å². The molecular weight excluding hydrogens is 222 g/mol. The lowest BCUT2D eigenvalue weighted by molar-refractivity contribution is -0.104. The van der Waals surface area contributed by atoms with E-state index in [-0.39, 0.29) is 16.6 Å². The Hall–Kier alpha value is -1.09. The number of thioether (sulfide) groups is 1. The zero-order valence-electron chi connectivity index (χ0n) is 7.24. The Morgan fingerprint density at radius 1 is 1.79 bits per heavy atom. The van der Waals surface area contributed by atoms with Crippen LogP contribution in [0.2, 0.25) is 0 Å². The lowest BCUT2D eigenvalue weighted by Gasteiger charge is -1.99. The van der Waals surface area contributed by atoms with E-state index in [0.717, 1.165) is 0 Å². The van der Waals surface area contributed by atoms with Crippen molar-refractivity contribution in [1.82, 2.24) is 0 Å². The largest absolute Gasteiger partial charge is 0.322 e. The SMILES string of the molecule is C=N/C(Cl)=C(/C=C(\C#N)C=O)SCN. The molecule has 0 rings (SSSR count). The minimum atomic E-state index is -0.0391. The Balaban J connectivity index is 5.05. The molecule has 6 heteroatoms. The first-order valence-corrected chi connectivity index (χ1v) is 4.82. The van der Waals surface area contributed by atoms with Crippen molar-refractivity contribution < 1.29 is 4.79 Å². The summed E-state index contributed by atoms with van der Waals surface area (Å²) in [6, 6.07) is 1.70. The number of aldehydes is 1. The van der Waals surface area contributed by atoms with Gasteiger partial charge in [0.2, 0.25) is 0 Å². The van der Waals surface area contributed by atoms with Crippen molar-refractivity contribution in [2.75, 3.05) is 5.88 Å². The van der Waals surface area contributed by atoms with Gasteiger partial charge in [-0.05, 0) is 12.8 Å². The van der Waals surface area contributed by atoms with Crippen molar-refractivity contribution in [3.05, 3.63) is 21.7 Å². The number of rotatable bonds is 5. The number of nitrogens with two attached hydrogens (primary N) is 1. The van der Waals surface area contributed by atoms with Gasteiger partial charge in [-0.3, -0.25) is 9.79 Å². The predicted molar refractivity (Wildman–Crippen MR) is 58.8 cm³/mol. The molecule has 0 aliphatic carbocycles. The van der Waals surface area contributed by atoms with Crippen LogP contribution in [0.3, 0.4) is 0 Å². The number of carbonyl (C=O) groups is 1. The second kappa shape index (κ2) is 7.33. The molecule has 0 aromatic carbocycles. The minimum Gasteiger partial charge on any atom is -0.322 e. The molecule has 0 bridgehead atoms. The van der Waals surface area contributed by atoms with E-state index in [9.17, 15) is 4.79 Å². The third-order valence-corrected chi connectivity index (χ3v) is 2.35. The molecule has 0 saturated heterocycles. The molecular formula is C8H8ClN3OS. The summed E-state index contributed by atoms with van der Waals surface area (Å²) < 4.78 is 0. The van der Waals surface area contributed by atoms with Gasteiger partial charge in [-0.15, -0.1) is 11.8 Å². The van der Waals surface area contributed by atoms with Crippen LogP contribution in [0.1, 0.15) is 0 Å². The van der Waals surface area contributed by atoms with E-state index in [4.69, 9.17) is 22.6 Å². The molecule has 2 N–H and O–H groups in total. The molecule has 0 saturated carbocycles. The number of carbonyl (C=O) groups excluding carboxylic acids is 1. The van der Waals surface area contributed by atoms with Gasteiger partial charge in [0.1, 0.15) is 11.2 Å². The first-order valence-electron chi connectivity index (χ1n) is 3.46. The molecule has 14 heavy (non-hydrogen) atoms. The Bertz CT molecular complexity index is 330. The van der Waals surface area contributed by atoms with Crippen LogP contribution in [-0.2, 0) is 4.79 Å². The molecule has 0 heterocycles. The number of halogens is 1. The molecule has 74 valence electrons. The molecule has 0 aliphatic heterocycles. The smallest absolute Gasteiger partial charge is 0.160 e. The highest BCUT2D eigenvalue weighted by atomic mass is 35.5. The van der Waals surface area contributed by atoms with Crippen molar-refractivity contribution in [3.63, 3.8) is 0 Å². The van der Waals surface area contributed by atoms with Gasteiger partial charge >= 0.3 is 0 Å². The van der Waals surface area contributed by atoms with Crippen LogP contribution in [-0.4, -0.2) is 18.9 Å². The van der Waals surface area contributed by atoms with Crippen molar-refractivity contribution >= 4 is 36.4 Å². The zero-order valence-corrected chi connectivity index (χ0v) is 8.81. The summed E-state index contributed by atoms with van der Waals surface area (Å²) in [7, 11) is 0. The van der Waals surface area contributed by atoms with Crippen LogP contribution in [0.5, 0.6) is 0 Å². The average Bonchev–Trinajstić information content (AvgIpc) is 2.23. The highest BCUT2D eigenvalue weighted by molar-refractivity contribution is 8.03. The Morgan fingerprint density at radius 3 is 2.79 bits per heavy atom. The van der Waals surface area contributed by atoms with Gasteiger partial charge in [0.25, 0.3) is 0 Å². The van der Waals surface area contributed by atoms with Crippen molar-refractivity contribution in [2.24, 2.45) is 10.7 Å². The molecule has 0 amide bonds. The normalized spacial score (nSPS) is 12.8. The van der Waals surface area contributed by atoms with Crippen molar-refractivity contribution in [1.29, 1.82) is 5.26 Å². The molecule has 0 spiro atoms. The average molecular weight is 230 g/mol. The Morgan fingerprint density at radius 2 is 2.43 bits per heavy atom. The van der Waals surface area contributed by atoms with Gasteiger partial charge in [-0.25, -0.2) is 0 Å². The number of hydrogen-bond donors (Lipinski definition) is 1. The highest BCUT2D eigenvalue weighted by Gasteiger charge is 2.02. The second-order valence-electron chi connectivity index (χ2n) is 1.95. The van der Waals surface area contributed by atoms with Crippen LogP contribution in [0.15, 0.2) is 26.7 Å². The fourth-order valence-corrected chi connectivity index (χ4v) is 1.35. The fraction of sp³-hybridized carbons (Fsp3) is 0.125. The molecule has 0 atom stereocenters. The van der Waals surface area contributed by atoms with E-state index in [1.54, 1.807) is 6.07 Å². The number of aliphatic imine (C=N–C) groups is 1. The van der Waals surface area contributed by atoms with Crippen LogP contribution in [0.4, 0.5) is 0 Å². The molecule has 0 unspecified atom stereocenters. The van der Waals surface area contributed by atoms with E-state index < -0.39 is 0 Å². The second-order valence-corrected chi connectivity index (χ2v) is 3.37. The molecule has 4 nitrogen and oxygen atoms in total. The minimum absolute atomic E-state index is 0.0391. The molecule has 0 radical (unpaired) electrons. The maximum absolute atomic E-state index is 10.3. The standard InChI is InChI=1S/C8H8ClN3OS/c1-12-8(9)7(14-5-11)2-6(3-10)4-13/h2,4H,1,5,11H2/b6-2+,8-7-. The van der Waals surface area contributed by atoms with Gasteiger partial charge in [0.15, 0.2) is 6.29 Å². The van der Waals surface area contributed by atoms with E-state index in [2.05, 4.69) is 11.7 Å². The van der Waals surface area contributed by atoms with Crippen LogP contribution < -0.4 is 5.73 Å². The quantitative estimate of drug-likeness (QED) is 0.147. The number of nitrogens with zero attached hydrogens (tertiary/aromatic N) is 2. The van der Waals surface area contributed by atoms with Crippen molar-refractivity contribution in [3.8, 4) is 6.07 Å². The maximum Gasteiger partial charge on any atom is 0.160 e. The molecule has 0 fully saturated rings. The summed E-state index contributed by atoms with van der Waals surface area (Å²) in [5.74, 6) is 0.273. The van der Waals surface area contributed by atoms with E-state index >= 15 is 0 Å². The lowest BCUT2D eigenvalue weighted by Crippen LogP contribution is -1.93. The zero-order chi connectivity index (χ0) is 11.0. The van der Waals surface area contributed by atoms with Crippen LogP contribution in [0.25, 0.3) is 0 Å². The number of allylic oxidation sites excluding steroid dienone is 2. The topological polar surface area (TPSA) is 79.2 Å². The molecule has 0 aliphatic rings. The summed E-state index contributed by atoms with van der Waals surface area (Å²) in [5.41, 5.74) is 5.25. The van der Waals surface area contributed by atoms with Crippen molar-refractivity contribution in [2.45, 2.75) is 0 Å². The van der Waals surface area contributed by atoms with Gasteiger partial charge < -0.3 is 5.73 Å². The van der Waals surface area contributed by atoms with Gasteiger partial charge in [0, 0.05) is 10.8 Å². The molecule has 0 aromatic rings. The van der Waals surface area contributed by atoms with Crippen LogP contribution >= 0.6 is 23.4 Å². The highest BCUT2D eigenvalue weighted by Crippen LogP contribution is 2.24. The number of hydrogen-bond acceptors (Lipinski definition) is 5. The van der Waals surface area contributed by atoms with Gasteiger partial charge in [-0.2, -0.15) is 5.26 Å². The van der Waals surface area contributed by atoms with Gasteiger partial charge in [-0.1, -0.05) is 11.6 Å². The predicted octanol–water partition coefficient (Wildman–Crippen LogP) is 1.39. The third-order valence-electron chi connectivity index (χ3n) is 1.12. The fourth-order valence-electron chi connectivity index (χ4n) is 0.562. The van der Waals surface area contributed by atoms with E-state index in [0.29, 0.717) is 11.2 Å².